The molecule has 0 spiro atoms. The molecular weight excluding hydrogens is 276 g/mol. The van der Waals surface area contributed by atoms with Gasteiger partial charge in [0.25, 0.3) is 0 Å². The first-order valence-corrected chi connectivity index (χ1v) is 8.31. The molecule has 1 amide bonds. The molecule has 22 heavy (non-hydrogen) atoms. The van der Waals surface area contributed by atoms with Crippen LogP contribution in [0.5, 0.6) is 5.75 Å². The normalized spacial score (nSPS) is 19.2. The van der Waals surface area contributed by atoms with Crippen LogP contribution in [0.1, 0.15) is 51.6 Å². The van der Waals surface area contributed by atoms with Gasteiger partial charge in [-0.3, -0.25) is 4.79 Å². The van der Waals surface area contributed by atoms with E-state index >= 15 is 0 Å². The van der Waals surface area contributed by atoms with E-state index in [1.807, 2.05) is 45.0 Å². The lowest BCUT2D eigenvalue weighted by Crippen LogP contribution is -2.27. The Morgan fingerprint density at radius 2 is 2.23 bits per heavy atom. The summed E-state index contributed by atoms with van der Waals surface area (Å²) in [6.45, 7) is 8.18. The third-order valence-electron chi connectivity index (χ3n) is 4.05. The summed E-state index contributed by atoms with van der Waals surface area (Å²) in [5, 5.41) is 6.42. The highest BCUT2D eigenvalue weighted by atomic mass is 16.5. The molecule has 1 aliphatic heterocycles. The van der Waals surface area contributed by atoms with Crippen LogP contribution in [0.15, 0.2) is 24.3 Å². The number of rotatable bonds is 7. The lowest BCUT2D eigenvalue weighted by molar-refractivity contribution is -0.122. The average molecular weight is 304 g/mol. The number of ether oxygens (including phenoxy) is 1. The number of nitrogens with one attached hydrogen (secondary N) is 2. The zero-order valence-electron chi connectivity index (χ0n) is 13.9. The van der Waals surface area contributed by atoms with Gasteiger partial charge in [0.05, 0.1) is 12.1 Å². The summed E-state index contributed by atoms with van der Waals surface area (Å²) < 4.78 is 5.71. The van der Waals surface area contributed by atoms with Gasteiger partial charge in [-0.1, -0.05) is 12.1 Å². The third-order valence-corrected chi connectivity index (χ3v) is 4.05. The van der Waals surface area contributed by atoms with Crippen molar-refractivity contribution in [3.8, 4) is 5.75 Å². The Balaban J connectivity index is 1.82. The molecule has 0 saturated carbocycles. The van der Waals surface area contributed by atoms with Crippen LogP contribution >= 0.6 is 0 Å². The number of benzene rings is 1. The molecule has 122 valence electrons. The van der Waals surface area contributed by atoms with Crippen LogP contribution in [0, 0.1) is 5.92 Å². The average Bonchev–Trinajstić information content (AvgIpc) is 2.98. The summed E-state index contributed by atoms with van der Waals surface area (Å²) >= 11 is 0. The summed E-state index contributed by atoms with van der Waals surface area (Å²) in [7, 11) is 0. The molecule has 1 aliphatic rings. The zero-order valence-corrected chi connectivity index (χ0v) is 13.9. The fourth-order valence-electron chi connectivity index (χ4n) is 2.82. The standard InChI is InChI=1S/C18H28N2O2/c1-13(2)22-17-6-4-5-16(11-17)14(3)20-18(21)8-7-15-9-10-19-12-15/h4-6,11,13-15,19H,7-10,12H2,1-3H3,(H,20,21). The molecule has 1 heterocycles. The van der Waals surface area contributed by atoms with Gasteiger partial charge < -0.3 is 15.4 Å². The van der Waals surface area contributed by atoms with Crippen molar-refractivity contribution in [1.82, 2.24) is 10.6 Å². The van der Waals surface area contributed by atoms with E-state index < -0.39 is 0 Å². The second-order valence-electron chi connectivity index (χ2n) is 6.43. The molecule has 2 rings (SSSR count). The fourth-order valence-corrected chi connectivity index (χ4v) is 2.82. The number of carbonyl (C=O) groups is 1. The molecule has 1 fully saturated rings. The Hall–Kier alpha value is -1.55. The molecule has 2 unspecified atom stereocenters. The molecule has 2 N–H and O–H groups in total. The molecular formula is C18H28N2O2. The fraction of sp³-hybridized carbons (Fsp3) is 0.611. The quantitative estimate of drug-likeness (QED) is 0.814. The molecule has 2 atom stereocenters. The van der Waals surface area contributed by atoms with Crippen molar-refractivity contribution in [1.29, 1.82) is 0 Å². The minimum Gasteiger partial charge on any atom is -0.491 e. The van der Waals surface area contributed by atoms with Crippen molar-refractivity contribution < 1.29 is 9.53 Å². The monoisotopic (exact) mass is 304 g/mol. The van der Waals surface area contributed by atoms with Crippen LogP contribution in [-0.2, 0) is 4.79 Å². The van der Waals surface area contributed by atoms with Crippen molar-refractivity contribution in [3.63, 3.8) is 0 Å². The van der Waals surface area contributed by atoms with Crippen LogP contribution in [0.2, 0.25) is 0 Å². The maximum atomic E-state index is 12.1. The van der Waals surface area contributed by atoms with Gasteiger partial charge in [0.1, 0.15) is 5.75 Å². The van der Waals surface area contributed by atoms with Gasteiger partial charge in [-0.15, -0.1) is 0 Å². The van der Waals surface area contributed by atoms with E-state index in [2.05, 4.69) is 10.6 Å². The maximum absolute atomic E-state index is 12.1. The summed E-state index contributed by atoms with van der Waals surface area (Å²) in [6, 6.07) is 7.96. The summed E-state index contributed by atoms with van der Waals surface area (Å²) in [6.07, 6.45) is 2.93. The van der Waals surface area contributed by atoms with E-state index in [-0.39, 0.29) is 18.1 Å². The van der Waals surface area contributed by atoms with E-state index in [1.54, 1.807) is 0 Å². The highest BCUT2D eigenvalue weighted by Gasteiger charge is 2.17. The van der Waals surface area contributed by atoms with Gasteiger partial charge >= 0.3 is 0 Å². The van der Waals surface area contributed by atoms with Crippen LogP contribution in [-0.4, -0.2) is 25.1 Å². The smallest absolute Gasteiger partial charge is 0.220 e. The molecule has 0 radical (unpaired) electrons. The van der Waals surface area contributed by atoms with Crippen LogP contribution < -0.4 is 15.4 Å². The first-order chi connectivity index (χ1) is 10.5. The van der Waals surface area contributed by atoms with Crippen molar-refractivity contribution in [3.05, 3.63) is 29.8 Å². The van der Waals surface area contributed by atoms with Crippen molar-refractivity contribution in [2.24, 2.45) is 5.92 Å². The first-order valence-electron chi connectivity index (χ1n) is 8.31. The number of amides is 1. The second kappa shape index (κ2) is 8.18. The van der Waals surface area contributed by atoms with Crippen molar-refractivity contribution >= 4 is 5.91 Å². The summed E-state index contributed by atoms with van der Waals surface area (Å²) in [5.74, 6) is 1.64. The van der Waals surface area contributed by atoms with E-state index in [0.29, 0.717) is 12.3 Å². The largest absolute Gasteiger partial charge is 0.491 e. The van der Waals surface area contributed by atoms with Gasteiger partial charge in [0, 0.05) is 6.42 Å². The molecule has 0 bridgehead atoms. The molecule has 0 aromatic heterocycles. The molecule has 4 nitrogen and oxygen atoms in total. The number of carbonyl (C=O) groups excluding carboxylic acids is 1. The van der Waals surface area contributed by atoms with Gasteiger partial charge in [0.2, 0.25) is 5.91 Å². The Labute approximate surface area is 133 Å². The Morgan fingerprint density at radius 3 is 2.91 bits per heavy atom. The lowest BCUT2D eigenvalue weighted by Gasteiger charge is -2.17. The summed E-state index contributed by atoms with van der Waals surface area (Å²) in [4.78, 5) is 12.1. The highest BCUT2D eigenvalue weighted by Crippen LogP contribution is 2.20. The number of hydrogen-bond donors (Lipinski definition) is 2. The first kappa shape index (κ1) is 16.8. The Morgan fingerprint density at radius 1 is 1.41 bits per heavy atom. The van der Waals surface area contributed by atoms with Gasteiger partial charge in [-0.2, -0.15) is 0 Å². The summed E-state index contributed by atoms with van der Waals surface area (Å²) in [5.41, 5.74) is 1.08. The minimum atomic E-state index is 0.00455. The molecule has 1 aromatic rings. The van der Waals surface area contributed by atoms with Gasteiger partial charge in [-0.25, -0.2) is 0 Å². The van der Waals surface area contributed by atoms with Gasteiger partial charge in [-0.05, 0) is 70.3 Å². The van der Waals surface area contributed by atoms with Crippen LogP contribution in [0.25, 0.3) is 0 Å². The topological polar surface area (TPSA) is 50.4 Å². The zero-order chi connectivity index (χ0) is 15.9. The van der Waals surface area contributed by atoms with E-state index in [9.17, 15) is 4.79 Å². The van der Waals surface area contributed by atoms with Crippen LogP contribution in [0.4, 0.5) is 0 Å². The SMILES string of the molecule is CC(C)Oc1cccc(C(C)NC(=O)CCC2CCNC2)c1. The molecule has 0 aliphatic carbocycles. The highest BCUT2D eigenvalue weighted by molar-refractivity contribution is 5.76. The predicted molar refractivity (Wildman–Crippen MR) is 89.0 cm³/mol. The number of hydrogen-bond acceptors (Lipinski definition) is 3. The van der Waals surface area contributed by atoms with E-state index in [1.165, 1.54) is 6.42 Å². The minimum absolute atomic E-state index is 0.00455. The Bertz CT molecular complexity index is 482. The lowest BCUT2D eigenvalue weighted by atomic mass is 10.0. The third kappa shape index (κ3) is 5.34. The predicted octanol–water partition coefficient (Wildman–Crippen LogP) is 3.04. The Kier molecular flexibility index (Phi) is 6.25. The second-order valence-corrected chi connectivity index (χ2v) is 6.43. The van der Waals surface area contributed by atoms with E-state index in [4.69, 9.17) is 4.74 Å². The maximum Gasteiger partial charge on any atom is 0.220 e. The molecule has 1 aromatic carbocycles. The van der Waals surface area contributed by atoms with Gasteiger partial charge in [0.15, 0.2) is 0 Å². The van der Waals surface area contributed by atoms with Crippen molar-refractivity contribution in [2.45, 2.75) is 52.2 Å². The van der Waals surface area contributed by atoms with Crippen LogP contribution in [0.3, 0.4) is 0 Å². The van der Waals surface area contributed by atoms with Crippen molar-refractivity contribution in [2.75, 3.05) is 13.1 Å². The molecule has 1 saturated heterocycles. The van der Waals surface area contributed by atoms with E-state index in [0.717, 1.165) is 30.8 Å². The molecule has 4 heteroatoms.